The molecule has 1 aromatic carbocycles. The second kappa shape index (κ2) is 5.91. The van der Waals surface area contributed by atoms with Gasteiger partial charge >= 0.3 is 0 Å². The number of nitrogens with zero attached hydrogens (tertiary/aromatic N) is 3. The van der Waals surface area contributed by atoms with E-state index in [1.54, 1.807) is 6.07 Å². The molecule has 21 heavy (non-hydrogen) atoms. The van der Waals surface area contributed by atoms with Gasteiger partial charge in [-0.05, 0) is 50.6 Å². The molecule has 0 aliphatic carbocycles. The average Bonchev–Trinajstić information content (AvgIpc) is 3.12. The SMILES string of the molecule is Cc1ccc(F)cc1-c1nc(C(N)CN2CCCC2)no1. The molecule has 1 unspecified atom stereocenters. The van der Waals surface area contributed by atoms with E-state index in [9.17, 15) is 4.39 Å². The summed E-state index contributed by atoms with van der Waals surface area (Å²) < 4.78 is 18.6. The summed E-state index contributed by atoms with van der Waals surface area (Å²) in [4.78, 5) is 6.63. The summed E-state index contributed by atoms with van der Waals surface area (Å²) >= 11 is 0. The number of benzene rings is 1. The lowest BCUT2D eigenvalue weighted by molar-refractivity contribution is 0.306. The van der Waals surface area contributed by atoms with E-state index in [0.717, 1.165) is 25.2 Å². The Labute approximate surface area is 122 Å². The first-order valence-electron chi connectivity index (χ1n) is 7.21. The van der Waals surface area contributed by atoms with Crippen molar-refractivity contribution < 1.29 is 8.91 Å². The van der Waals surface area contributed by atoms with Crippen LogP contribution in [0.25, 0.3) is 11.5 Å². The van der Waals surface area contributed by atoms with Gasteiger partial charge in [-0.1, -0.05) is 11.2 Å². The van der Waals surface area contributed by atoms with Crippen molar-refractivity contribution in [1.82, 2.24) is 15.0 Å². The molecule has 1 aliphatic rings. The minimum atomic E-state index is -0.322. The molecule has 0 radical (unpaired) electrons. The van der Waals surface area contributed by atoms with Crippen LogP contribution < -0.4 is 5.73 Å². The van der Waals surface area contributed by atoms with E-state index in [2.05, 4.69) is 15.0 Å². The first kappa shape index (κ1) is 14.2. The fourth-order valence-electron chi connectivity index (χ4n) is 2.64. The highest BCUT2D eigenvalue weighted by atomic mass is 19.1. The van der Waals surface area contributed by atoms with Gasteiger partial charge < -0.3 is 15.2 Å². The molecule has 1 saturated heterocycles. The van der Waals surface area contributed by atoms with Gasteiger partial charge in [0.15, 0.2) is 5.82 Å². The molecule has 112 valence electrons. The number of hydrogen-bond donors (Lipinski definition) is 1. The largest absolute Gasteiger partial charge is 0.334 e. The summed E-state index contributed by atoms with van der Waals surface area (Å²) in [6.07, 6.45) is 2.43. The Morgan fingerprint density at radius 3 is 2.90 bits per heavy atom. The highest BCUT2D eigenvalue weighted by Crippen LogP contribution is 2.24. The average molecular weight is 290 g/mol. The predicted molar refractivity (Wildman–Crippen MR) is 77.0 cm³/mol. The lowest BCUT2D eigenvalue weighted by atomic mass is 10.1. The van der Waals surface area contributed by atoms with E-state index < -0.39 is 0 Å². The van der Waals surface area contributed by atoms with Crippen molar-refractivity contribution in [2.45, 2.75) is 25.8 Å². The van der Waals surface area contributed by atoms with E-state index in [0.29, 0.717) is 17.3 Å². The molecule has 0 saturated carbocycles. The normalized spacial score (nSPS) is 17.3. The summed E-state index contributed by atoms with van der Waals surface area (Å²) in [7, 11) is 0. The molecular weight excluding hydrogens is 271 g/mol. The third-order valence-electron chi connectivity index (χ3n) is 3.86. The zero-order valence-corrected chi connectivity index (χ0v) is 12.1. The van der Waals surface area contributed by atoms with Gasteiger partial charge in [0.2, 0.25) is 0 Å². The number of aromatic nitrogens is 2. The molecule has 1 fully saturated rings. The molecule has 0 spiro atoms. The van der Waals surface area contributed by atoms with Gasteiger partial charge in [-0.15, -0.1) is 0 Å². The predicted octanol–water partition coefficient (Wildman–Crippen LogP) is 2.28. The molecule has 0 amide bonds. The zero-order valence-electron chi connectivity index (χ0n) is 12.1. The molecule has 6 heteroatoms. The minimum absolute atomic E-state index is 0.283. The van der Waals surface area contributed by atoms with E-state index in [1.807, 2.05) is 6.92 Å². The number of hydrogen-bond acceptors (Lipinski definition) is 5. The van der Waals surface area contributed by atoms with Gasteiger partial charge in [0, 0.05) is 12.1 Å². The van der Waals surface area contributed by atoms with Gasteiger partial charge in [0.1, 0.15) is 5.82 Å². The minimum Gasteiger partial charge on any atom is -0.334 e. The lowest BCUT2D eigenvalue weighted by Gasteiger charge is -2.17. The molecule has 2 N–H and O–H groups in total. The summed E-state index contributed by atoms with van der Waals surface area (Å²) in [6.45, 7) is 4.74. The molecule has 5 nitrogen and oxygen atoms in total. The molecule has 1 aliphatic heterocycles. The lowest BCUT2D eigenvalue weighted by Crippen LogP contribution is -2.30. The summed E-state index contributed by atoms with van der Waals surface area (Å²) in [6, 6.07) is 4.22. The monoisotopic (exact) mass is 290 g/mol. The molecule has 2 aromatic rings. The van der Waals surface area contributed by atoms with Gasteiger partial charge in [0.25, 0.3) is 5.89 Å². The maximum atomic E-state index is 13.3. The van der Waals surface area contributed by atoms with Gasteiger partial charge in [-0.3, -0.25) is 0 Å². The summed E-state index contributed by atoms with van der Waals surface area (Å²) in [5.74, 6) is 0.469. The Morgan fingerprint density at radius 2 is 2.14 bits per heavy atom. The number of likely N-dealkylation sites (tertiary alicyclic amines) is 1. The molecule has 0 bridgehead atoms. The number of rotatable bonds is 4. The fraction of sp³-hybridized carbons (Fsp3) is 0.467. The molecule has 1 atom stereocenters. The standard InChI is InChI=1S/C15H19FN4O/c1-10-4-5-11(16)8-12(10)15-18-14(19-21-15)13(17)9-20-6-2-3-7-20/h4-5,8,13H,2-3,6-7,9,17H2,1H3. The second-order valence-corrected chi connectivity index (χ2v) is 5.53. The zero-order chi connectivity index (χ0) is 14.8. The van der Waals surface area contributed by atoms with E-state index in [1.165, 1.54) is 25.0 Å². The van der Waals surface area contributed by atoms with Crippen molar-refractivity contribution >= 4 is 0 Å². The van der Waals surface area contributed by atoms with Crippen molar-refractivity contribution in [2.24, 2.45) is 5.73 Å². The van der Waals surface area contributed by atoms with Crippen LogP contribution in [0.4, 0.5) is 4.39 Å². The Kier molecular flexibility index (Phi) is 3.98. The quantitative estimate of drug-likeness (QED) is 0.935. The summed E-state index contributed by atoms with van der Waals surface area (Å²) in [5.41, 5.74) is 7.64. The van der Waals surface area contributed by atoms with Gasteiger partial charge in [-0.2, -0.15) is 4.98 Å². The highest BCUT2D eigenvalue weighted by Gasteiger charge is 2.21. The van der Waals surface area contributed by atoms with Crippen molar-refractivity contribution in [3.05, 3.63) is 35.4 Å². The third kappa shape index (κ3) is 3.11. The van der Waals surface area contributed by atoms with E-state index in [4.69, 9.17) is 10.3 Å². The topological polar surface area (TPSA) is 68.2 Å². The Bertz CT molecular complexity index is 622. The van der Waals surface area contributed by atoms with E-state index in [-0.39, 0.29) is 11.9 Å². The van der Waals surface area contributed by atoms with Crippen LogP contribution in [0.15, 0.2) is 22.7 Å². The Morgan fingerprint density at radius 1 is 1.38 bits per heavy atom. The van der Waals surface area contributed by atoms with Crippen LogP contribution in [-0.4, -0.2) is 34.7 Å². The molecular formula is C15H19FN4O. The van der Waals surface area contributed by atoms with Crippen LogP contribution in [0.3, 0.4) is 0 Å². The maximum absolute atomic E-state index is 13.3. The summed E-state index contributed by atoms with van der Waals surface area (Å²) in [5, 5.41) is 3.95. The first-order chi connectivity index (χ1) is 10.1. The van der Waals surface area contributed by atoms with Crippen molar-refractivity contribution in [3.63, 3.8) is 0 Å². The van der Waals surface area contributed by atoms with Crippen molar-refractivity contribution in [2.75, 3.05) is 19.6 Å². The molecule has 3 rings (SSSR count). The number of aryl methyl sites for hydroxylation is 1. The highest BCUT2D eigenvalue weighted by molar-refractivity contribution is 5.58. The number of nitrogens with two attached hydrogens (primary N) is 1. The van der Waals surface area contributed by atoms with Crippen LogP contribution in [0.1, 0.15) is 30.3 Å². The molecule has 1 aromatic heterocycles. The van der Waals surface area contributed by atoms with Crippen molar-refractivity contribution in [3.8, 4) is 11.5 Å². The third-order valence-corrected chi connectivity index (χ3v) is 3.86. The Balaban J connectivity index is 1.77. The van der Waals surface area contributed by atoms with Crippen LogP contribution in [0, 0.1) is 12.7 Å². The van der Waals surface area contributed by atoms with E-state index >= 15 is 0 Å². The van der Waals surface area contributed by atoms with Crippen LogP contribution >= 0.6 is 0 Å². The van der Waals surface area contributed by atoms with Crippen LogP contribution in [0.2, 0.25) is 0 Å². The maximum Gasteiger partial charge on any atom is 0.258 e. The smallest absolute Gasteiger partial charge is 0.258 e. The van der Waals surface area contributed by atoms with Crippen LogP contribution in [0.5, 0.6) is 0 Å². The fourth-order valence-corrected chi connectivity index (χ4v) is 2.64. The van der Waals surface area contributed by atoms with Crippen LogP contribution in [-0.2, 0) is 0 Å². The van der Waals surface area contributed by atoms with Gasteiger partial charge in [-0.25, -0.2) is 4.39 Å². The molecule has 2 heterocycles. The number of halogens is 1. The first-order valence-corrected chi connectivity index (χ1v) is 7.21. The Hall–Kier alpha value is -1.79. The van der Waals surface area contributed by atoms with Gasteiger partial charge in [0.05, 0.1) is 6.04 Å². The second-order valence-electron chi connectivity index (χ2n) is 5.53. The van der Waals surface area contributed by atoms with Crippen molar-refractivity contribution in [1.29, 1.82) is 0 Å².